The predicted octanol–water partition coefficient (Wildman–Crippen LogP) is 6.09. The molecule has 0 aliphatic heterocycles. The molecule has 1 aromatic heterocycles. The zero-order chi connectivity index (χ0) is 21.8. The maximum absolute atomic E-state index is 12.7. The number of hydrogen-bond acceptors (Lipinski definition) is 4. The van der Waals surface area contributed by atoms with Gasteiger partial charge in [0.2, 0.25) is 10.0 Å². The molecule has 1 N–H and O–H groups in total. The van der Waals surface area contributed by atoms with E-state index in [-0.39, 0.29) is 11.4 Å². The molecule has 3 aromatic carbocycles. The summed E-state index contributed by atoms with van der Waals surface area (Å²) in [4.78, 5) is 1.47. The normalized spacial score (nSPS) is 11.2. The Morgan fingerprint density at radius 2 is 1.52 bits per heavy atom. The number of halogens is 1. The van der Waals surface area contributed by atoms with Crippen molar-refractivity contribution in [2.45, 2.75) is 11.4 Å². The summed E-state index contributed by atoms with van der Waals surface area (Å²) in [5.41, 5.74) is 3.32. The van der Waals surface area contributed by atoms with Crippen LogP contribution in [-0.2, 0) is 16.6 Å². The summed E-state index contributed by atoms with van der Waals surface area (Å²) in [5.74, 6) is 0. The van der Waals surface area contributed by atoms with Crippen molar-refractivity contribution in [3.05, 3.63) is 99.7 Å². The monoisotopic (exact) mass is 464 g/mol. The van der Waals surface area contributed by atoms with Crippen LogP contribution < -0.4 is 4.72 Å². The van der Waals surface area contributed by atoms with Crippen LogP contribution in [0.3, 0.4) is 0 Å². The number of benzene rings is 3. The van der Waals surface area contributed by atoms with Gasteiger partial charge in [0.15, 0.2) is 0 Å². The van der Waals surface area contributed by atoms with Crippen molar-refractivity contribution in [2.24, 2.45) is 0 Å². The summed E-state index contributed by atoms with van der Waals surface area (Å²) in [6, 6.07) is 27.5. The number of nitriles is 1. The molecule has 31 heavy (non-hydrogen) atoms. The first-order chi connectivity index (χ1) is 15.0. The molecule has 0 fully saturated rings. The van der Waals surface area contributed by atoms with Crippen molar-refractivity contribution in [3.63, 3.8) is 0 Å². The van der Waals surface area contributed by atoms with Crippen LogP contribution in [-0.4, -0.2) is 8.42 Å². The highest BCUT2D eigenvalue weighted by atomic mass is 35.5. The second kappa shape index (κ2) is 9.04. The number of sulfonamides is 1. The highest BCUT2D eigenvalue weighted by Gasteiger charge is 2.23. The van der Waals surface area contributed by atoms with Gasteiger partial charge in [-0.3, -0.25) is 0 Å². The second-order valence-electron chi connectivity index (χ2n) is 6.73. The summed E-state index contributed by atoms with van der Waals surface area (Å²) < 4.78 is 28.2. The van der Waals surface area contributed by atoms with Gasteiger partial charge in [-0.1, -0.05) is 72.3 Å². The lowest BCUT2D eigenvalue weighted by molar-refractivity contribution is 0.582. The first kappa shape index (κ1) is 21.3. The molecule has 0 unspecified atom stereocenters. The number of rotatable bonds is 6. The molecule has 0 saturated carbocycles. The first-order valence-corrected chi connectivity index (χ1v) is 12.1. The third kappa shape index (κ3) is 4.55. The van der Waals surface area contributed by atoms with Crippen LogP contribution in [0, 0.1) is 11.3 Å². The van der Waals surface area contributed by atoms with Crippen LogP contribution in [0.15, 0.2) is 89.8 Å². The summed E-state index contributed by atoms with van der Waals surface area (Å²) in [6.07, 6.45) is 0. The van der Waals surface area contributed by atoms with Crippen molar-refractivity contribution >= 4 is 33.0 Å². The molecule has 0 aliphatic rings. The number of hydrogen-bond donors (Lipinski definition) is 1. The number of thiophene rings is 1. The quantitative estimate of drug-likeness (QED) is 0.375. The first-order valence-electron chi connectivity index (χ1n) is 9.41. The average Bonchev–Trinajstić information content (AvgIpc) is 3.18. The molecule has 0 atom stereocenters. The molecule has 0 bridgehead atoms. The summed E-state index contributed by atoms with van der Waals surface area (Å²) in [5, 5.41) is 10.4. The second-order valence-corrected chi connectivity index (χ2v) is 10.0. The van der Waals surface area contributed by atoms with Gasteiger partial charge in [-0.15, -0.1) is 11.3 Å². The Bertz CT molecular complexity index is 1360. The fourth-order valence-electron chi connectivity index (χ4n) is 3.35. The minimum atomic E-state index is -3.69. The molecule has 4 aromatic rings. The zero-order valence-corrected chi connectivity index (χ0v) is 18.6. The maximum atomic E-state index is 12.7. The Balaban J connectivity index is 1.82. The van der Waals surface area contributed by atoms with Gasteiger partial charge in [-0.05, 0) is 35.4 Å². The van der Waals surface area contributed by atoms with Crippen LogP contribution in [0.1, 0.15) is 9.75 Å². The van der Waals surface area contributed by atoms with E-state index in [1.807, 2.05) is 48.5 Å². The van der Waals surface area contributed by atoms with Crippen LogP contribution in [0.25, 0.3) is 22.3 Å². The molecule has 1 heterocycles. The molecule has 7 heteroatoms. The lowest BCUT2D eigenvalue weighted by Crippen LogP contribution is -2.23. The van der Waals surface area contributed by atoms with Gasteiger partial charge in [0.1, 0.15) is 10.9 Å². The summed E-state index contributed by atoms with van der Waals surface area (Å²) >= 11 is 7.50. The van der Waals surface area contributed by atoms with Crippen LogP contribution in [0.4, 0.5) is 0 Å². The third-order valence-electron chi connectivity index (χ3n) is 4.73. The highest BCUT2D eigenvalue weighted by molar-refractivity contribution is 7.89. The van der Waals surface area contributed by atoms with E-state index in [9.17, 15) is 13.7 Å². The van der Waals surface area contributed by atoms with Crippen molar-refractivity contribution in [2.75, 3.05) is 0 Å². The molecule has 0 radical (unpaired) electrons. The highest BCUT2D eigenvalue weighted by Crippen LogP contribution is 2.43. The Labute approximate surface area is 190 Å². The van der Waals surface area contributed by atoms with E-state index in [2.05, 4.69) is 10.8 Å². The fourth-order valence-corrected chi connectivity index (χ4v) is 5.73. The zero-order valence-electron chi connectivity index (χ0n) is 16.2. The molecule has 0 aliphatic carbocycles. The van der Waals surface area contributed by atoms with E-state index in [4.69, 9.17) is 11.6 Å². The Morgan fingerprint density at radius 3 is 2.16 bits per heavy atom. The van der Waals surface area contributed by atoms with Crippen LogP contribution in [0.2, 0.25) is 5.02 Å². The van der Waals surface area contributed by atoms with Gasteiger partial charge in [0.25, 0.3) is 0 Å². The predicted molar refractivity (Wildman–Crippen MR) is 125 cm³/mol. The lowest BCUT2D eigenvalue weighted by atomic mass is 9.95. The van der Waals surface area contributed by atoms with E-state index in [1.165, 1.54) is 11.3 Å². The van der Waals surface area contributed by atoms with E-state index in [0.29, 0.717) is 9.90 Å². The summed E-state index contributed by atoms with van der Waals surface area (Å²) in [6.45, 7) is 0.0708. The molecule has 154 valence electrons. The minimum absolute atomic E-state index is 0.0708. The molecule has 0 saturated heterocycles. The minimum Gasteiger partial charge on any atom is -0.207 e. The SMILES string of the molecule is N#Cc1sc(CNS(=O)(=O)c2ccccc2)c(-c2ccccc2)c1-c1cccc(Cl)c1. The Kier molecular flexibility index (Phi) is 6.21. The van der Waals surface area contributed by atoms with Crippen molar-refractivity contribution in [1.29, 1.82) is 5.26 Å². The summed E-state index contributed by atoms with van der Waals surface area (Å²) in [7, 11) is -3.69. The Hall–Kier alpha value is -2.95. The van der Waals surface area contributed by atoms with Gasteiger partial charge in [-0.25, -0.2) is 13.1 Å². The molecular formula is C24H17ClN2O2S2. The van der Waals surface area contributed by atoms with E-state index in [0.717, 1.165) is 27.1 Å². The fraction of sp³-hybridized carbons (Fsp3) is 0.0417. The maximum Gasteiger partial charge on any atom is 0.240 e. The average molecular weight is 465 g/mol. The van der Waals surface area contributed by atoms with Crippen molar-refractivity contribution in [3.8, 4) is 28.3 Å². The number of nitrogens with zero attached hydrogens (tertiary/aromatic N) is 1. The van der Waals surface area contributed by atoms with Gasteiger partial charge in [0, 0.05) is 27.6 Å². The molecular weight excluding hydrogens is 448 g/mol. The van der Waals surface area contributed by atoms with E-state index < -0.39 is 10.0 Å². The van der Waals surface area contributed by atoms with Gasteiger partial charge in [0.05, 0.1) is 4.90 Å². The standard InChI is InChI=1S/C24H17ClN2O2S2/c25-19-11-7-10-18(14-19)24-21(15-26)30-22(23(24)17-8-3-1-4-9-17)16-27-31(28,29)20-12-5-2-6-13-20/h1-14,27H,16H2. The molecule has 4 nitrogen and oxygen atoms in total. The third-order valence-corrected chi connectivity index (χ3v) is 7.48. The topological polar surface area (TPSA) is 70.0 Å². The smallest absolute Gasteiger partial charge is 0.207 e. The molecule has 0 amide bonds. The van der Waals surface area contributed by atoms with Gasteiger partial charge in [-0.2, -0.15) is 5.26 Å². The van der Waals surface area contributed by atoms with Gasteiger partial charge < -0.3 is 0 Å². The molecule has 4 rings (SSSR count). The number of nitrogens with one attached hydrogen (secondary N) is 1. The van der Waals surface area contributed by atoms with Crippen LogP contribution in [0.5, 0.6) is 0 Å². The van der Waals surface area contributed by atoms with Crippen LogP contribution >= 0.6 is 22.9 Å². The van der Waals surface area contributed by atoms with Crippen molar-refractivity contribution in [1.82, 2.24) is 4.72 Å². The largest absolute Gasteiger partial charge is 0.240 e. The lowest BCUT2D eigenvalue weighted by Gasteiger charge is -2.11. The van der Waals surface area contributed by atoms with Gasteiger partial charge >= 0.3 is 0 Å². The van der Waals surface area contributed by atoms with E-state index >= 15 is 0 Å². The van der Waals surface area contributed by atoms with E-state index in [1.54, 1.807) is 36.4 Å². The Morgan fingerprint density at radius 1 is 0.871 bits per heavy atom. The van der Waals surface area contributed by atoms with Crippen molar-refractivity contribution < 1.29 is 8.42 Å². The molecule has 0 spiro atoms.